The van der Waals surface area contributed by atoms with Gasteiger partial charge in [-0.05, 0) is 38.5 Å². The molecule has 100 valence electrons. The van der Waals surface area contributed by atoms with Crippen LogP contribution in [0.25, 0.3) is 0 Å². The van der Waals surface area contributed by atoms with Crippen molar-refractivity contribution in [2.24, 2.45) is 10.9 Å². The van der Waals surface area contributed by atoms with Gasteiger partial charge in [0.2, 0.25) is 0 Å². The first-order valence-corrected chi connectivity index (χ1v) is 7.48. The number of aliphatic imine (C=N–C) groups is 1. The second-order valence-corrected chi connectivity index (χ2v) is 6.40. The van der Waals surface area contributed by atoms with E-state index in [-0.39, 0.29) is 5.66 Å². The van der Waals surface area contributed by atoms with Gasteiger partial charge in [0.1, 0.15) is 16.4 Å². The van der Waals surface area contributed by atoms with Crippen LogP contribution in [0.4, 0.5) is 0 Å². The van der Waals surface area contributed by atoms with Crippen LogP contribution in [0.3, 0.4) is 0 Å². The van der Waals surface area contributed by atoms with E-state index in [0.29, 0.717) is 0 Å². The Morgan fingerprint density at radius 2 is 1.84 bits per heavy atom. The molecule has 0 saturated heterocycles. The van der Waals surface area contributed by atoms with Crippen LogP contribution in [0, 0.1) is 12.8 Å². The Morgan fingerprint density at radius 3 is 2.47 bits per heavy atom. The molecular formula is C16H20N2S. The van der Waals surface area contributed by atoms with Crippen molar-refractivity contribution in [3.63, 3.8) is 0 Å². The van der Waals surface area contributed by atoms with Gasteiger partial charge in [0.25, 0.3) is 0 Å². The highest BCUT2D eigenvalue weighted by atomic mass is 32.1. The minimum absolute atomic E-state index is 0.107. The lowest BCUT2D eigenvalue weighted by molar-refractivity contribution is 0.237. The van der Waals surface area contributed by atoms with Gasteiger partial charge < -0.3 is 5.32 Å². The first-order chi connectivity index (χ1) is 9.08. The van der Waals surface area contributed by atoms with E-state index in [1.54, 1.807) is 0 Å². The normalized spacial score (nSPS) is 30.3. The lowest BCUT2D eigenvalue weighted by Crippen LogP contribution is -2.44. The van der Waals surface area contributed by atoms with E-state index < -0.39 is 0 Å². The summed E-state index contributed by atoms with van der Waals surface area (Å²) in [6.45, 7) is 4.42. The van der Waals surface area contributed by atoms with Gasteiger partial charge in [-0.3, -0.25) is 4.99 Å². The summed E-state index contributed by atoms with van der Waals surface area (Å²) < 4.78 is 0. The highest BCUT2D eigenvalue weighted by Crippen LogP contribution is 2.36. The van der Waals surface area contributed by atoms with Crippen molar-refractivity contribution in [3.8, 4) is 0 Å². The smallest absolute Gasteiger partial charge is 0.131 e. The monoisotopic (exact) mass is 272 g/mol. The van der Waals surface area contributed by atoms with E-state index in [0.717, 1.165) is 35.0 Å². The van der Waals surface area contributed by atoms with Crippen LogP contribution < -0.4 is 5.32 Å². The summed E-state index contributed by atoms with van der Waals surface area (Å²) in [7, 11) is 0. The minimum Gasteiger partial charge on any atom is -0.351 e. The zero-order valence-corrected chi connectivity index (χ0v) is 12.4. The molecule has 0 amide bonds. The Balaban J connectivity index is 1.89. The maximum atomic E-state index is 5.50. The number of thiocarbonyl (C=S) groups is 1. The summed E-state index contributed by atoms with van der Waals surface area (Å²) in [6.07, 6.45) is 4.67. The Morgan fingerprint density at radius 1 is 1.21 bits per heavy atom. The van der Waals surface area contributed by atoms with Crippen LogP contribution in [0.2, 0.25) is 0 Å². The van der Waals surface area contributed by atoms with E-state index in [9.17, 15) is 0 Å². The molecule has 1 aliphatic heterocycles. The molecule has 1 fully saturated rings. The van der Waals surface area contributed by atoms with Crippen molar-refractivity contribution in [3.05, 3.63) is 35.4 Å². The predicted octanol–water partition coefficient (Wildman–Crippen LogP) is 3.62. The first-order valence-electron chi connectivity index (χ1n) is 7.07. The maximum Gasteiger partial charge on any atom is 0.131 e. The van der Waals surface area contributed by atoms with Crippen LogP contribution >= 0.6 is 12.2 Å². The molecule has 2 aliphatic rings. The number of hydrogen-bond donors (Lipinski definition) is 1. The minimum atomic E-state index is -0.107. The fourth-order valence-electron chi connectivity index (χ4n) is 2.95. The van der Waals surface area contributed by atoms with E-state index in [1.165, 1.54) is 18.4 Å². The van der Waals surface area contributed by atoms with Crippen LogP contribution in [0.15, 0.2) is 29.3 Å². The summed E-state index contributed by atoms with van der Waals surface area (Å²) >= 11 is 5.50. The molecule has 1 aromatic rings. The Bertz CT molecular complexity index is 522. The van der Waals surface area contributed by atoms with Crippen molar-refractivity contribution in [1.29, 1.82) is 0 Å². The van der Waals surface area contributed by atoms with Gasteiger partial charge in [0.05, 0.1) is 0 Å². The summed E-state index contributed by atoms with van der Waals surface area (Å²) in [4.78, 5) is 5.78. The molecule has 2 nitrogen and oxygen atoms in total. The van der Waals surface area contributed by atoms with Gasteiger partial charge in [-0.25, -0.2) is 0 Å². The van der Waals surface area contributed by atoms with Crippen molar-refractivity contribution in [1.82, 2.24) is 5.32 Å². The molecular weight excluding hydrogens is 252 g/mol. The third kappa shape index (κ3) is 2.44. The van der Waals surface area contributed by atoms with Crippen LogP contribution in [0.1, 0.15) is 43.7 Å². The molecule has 0 unspecified atom stereocenters. The molecule has 1 heterocycles. The Hall–Kier alpha value is -1.22. The number of benzene rings is 1. The molecule has 3 heteroatoms. The van der Waals surface area contributed by atoms with E-state index in [2.05, 4.69) is 43.4 Å². The van der Waals surface area contributed by atoms with E-state index >= 15 is 0 Å². The van der Waals surface area contributed by atoms with Gasteiger partial charge in [-0.1, -0.05) is 49.0 Å². The van der Waals surface area contributed by atoms with Crippen LogP contribution in [0.5, 0.6) is 0 Å². The number of rotatable bonds is 1. The lowest BCUT2D eigenvalue weighted by Gasteiger charge is -2.33. The molecule has 0 atom stereocenters. The highest BCUT2D eigenvalue weighted by Gasteiger charge is 2.39. The van der Waals surface area contributed by atoms with Crippen molar-refractivity contribution in [2.45, 2.75) is 45.2 Å². The molecule has 1 spiro atoms. The fourth-order valence-corrected chi connectivity index (χ4v) is 3.30. The van der Waals surface area contributed by atoms with Crippen LogP contribution in [-0.4, -0.2) is 16.4 Å². The summed E-state index contributed by atoms with van der Waals surface area (Å²) in [5.74, 6) is 0.819. The van der Waals surface area contributed by atoms with Gasteiger partial charge in [-0.2, -0.15) is 0 Å². The van der Waals surface area contributed by atoms with Gasteiger partial charge >= 0.3 is 0 Å². The predicted molar refractivity (Wildman–Crippen MR) is 83.8 cm³/mol. The molecule has 0 aromatic heterocycles. The van der Waals surface area contributed by atoms with Crippen molar-refractivity contribution >= 4 is 22.9 Å². The average Bonchev–Trinajstić information content (AvgIpc) is 2.72. The molecule has 0 bridgehead atoms. The van der Waals surface area contributed by atoms with Gasteiger partial charge in [0, 0.05) is 5.56 Å². The first kappa shape index (κ1) is 12.8. The quantitative estimate of drug-likeness (QED) is 0.790. The molecule has 19 heavy (non-hydrogen) atoms. The number of hydrogen-bond acceptors (Lipinski definition) is 2. The summed E-state index contributed by atoms with van der Waals surface area (Å²) in [6, 6.07) is 8.47. The molecule has 3 rings (SSSR count). The third-order valence-electron chi connectivity index (χ3n) is 4.31. The molecule has 1 N–H and O–H groups in total. The molecule has 1 aromatic carbocycles. The third-order valence-corrected chi connectivity index (χ3v) is 4.61. The summed E-state index contributed by atoms with van der Waals surface area (Å²) in [5.41, 5.74) is 3.27. The topological polar surface area (TPSA) is 24.4 Å². The largest absolute Gasteiger partial charge is 0.351 e. The zero-order chi connectivity index (χ0) is 13.5. The van der Waals surface area contributed by atoms with Gasteiger partial charge in [-0.15, -0.1) is 0 Å². The number of nitrogens with one attached hydrogen (secondary N) is 1. The Labute approximate surface area is 120 Å². The fraction of sp³-hybridized carbons (Fsp3) is 0.500. The van der Waals surface area contributed by atoms with E-state index in [1.807, 2.05) is 0 Å². The lowest BCUT2D eigenvalue weighted by atomic mass is 9.83. The Kier molecular flexibility index (Phi) is 3.17. The van der Waals surface area contributed by atoms with E-state index in [4.69, 9.17) is 17.2 Å². The average molecular weight is 272 g/mol. The summed E-state index contributed by atoms with van der Waals surface area (Å²) in [5, 5.41) is 3.48. The van der Waals surface area contributed by atoms with Crippen molar-refractivity contribution in [2.75, 3.05) is 0 Å². The standard InChI is InChI=1S/C16H20N2S/c1-11-3-5-13(6-4-11)14-15(19)18-16(17-14)9-7-12(2)8-10-16/h3-6,12H,7-10H2,1-2H3,(H,18,19). The molecule has 1 saturated carbocycles. The van der Waals surface area contributed by atoms with Crippen LogP contribution in [-0.2, 0) is 0 Å². The highest BCUT2D eigenvalue weighted by molar-refractivity contribution is 7.82. The zero-order valence-electron chi connectivity index (χ0n) is 11.6. The van der Waals surface area contributed by atoms with Gasteiger partial charge in [0.15, 0.2) is 0 Å². The molecule has 0 radical (unpaired) electrons. The maximum absolute atomic E-state index is 5.50. The number of aryl methyl sites for hydroxylation is 1. The van der Waals surface area contributed by atoms with Crippen molar-refractivity contribution < 1.29 is 0 Å². The second kappa shape index (κ2) is 4.71. The second-order valence-electron chi connectivity index (χ2n) is 5.99. The molecule has 1 aliphatic carbocycles. The SMILES string of the molecule is Cc1ccc(C2=NC3(CCC(C)CC3)NC2=S)cc1. The number of nitrogens with zero attached hydrogens (tertiary/aromatic N) is 1.